The number of amides is 1. The van der Waals surface area contributed by atoms with Gasteiger partial charge in [0.1, 0.15) is 5.78 Å². The van der Waals surface area contributed by atoms with Crippen molar-refractivity contribution < 1.29 is 9.59 Å². The average molecular weight is 437 g/mol. The van der Waals surface area contributed by atoms with Gasteiger partial charge in [-0.05, 0) is 49.6 Å². The number of carbonyl (C=O) groups excluding carboxylic acids is 2. The molecule has 8 nitrogen and oxygen atoms in total. The summed E-state index contributed by atoms with van der Waals surface area (Å²) in [6, 6.07) is 8.51. The Bertz CT molecular complexity index is 1240. The van der Waals surface area contributed by atoms with Gasteiger partial charge in [0.05, 0.1) is 10.9 Å². The van der Waals surface area contributed by atoms with Crippen molar-refractivity contribution in [1.29, 1.82) is 0 Å². The van der Waals surface area contributed by atoms with Gasteiger partial charge in [0, 0.05) is 50.4 Å². The summed E-state index contributed by atoms with van der Waals surface area (Å²) >= 11 is 0. The van der Waals surface area contributed by atoms with Crippen molar-refractivity contribution in [3.8, 4) is 0 Å². The van der Waals surface area contributed by atoms with E-state index >= 15 is 0 Å². The van der Waals surface area contributed by atoms with Gasteiger partial charge >= 0.3 is 5.69 Å². The molecule has 2 heterocycles. The summed E-state index contributed by atoms with van der Waals surface area (Å²) in [4.78, 5) is 53.9. The number of hydrogen-bond donors (Lipinski definition) is 1. The predicted molar refractivity (Wildman–Crippen MR) is 123 cm³/mol. The summed E-state index contributed by atoms with van der Waals surface area (Å²) in [5, 5.41) is 3.28. The third-order valence-electron chi connectivity index (χ3n) is 5.45. The van der Waals surface area contributed by atoms with Crippen LogP contribution < -0.4 is 16.6 Å². The van der Waals surface area contributed by atoms with Crippen molar-refractivity contribution in [3.05, 3.63) is 74.7 Å². The van der Waals surface area contributed by atoms with Crippen molar-refractivity contribution in [3.63, 3.8) is 0 Å². The molecule has 0 aliphatic heterocycles. The number of nitrogens with zero attached hydrogens (tertiary/aromatic N) is 3. The van der Waals surface area contributed by atoms with Gasteiger partial charge in [0.2, 0.25) is 0 Å². The summed E-state index contributed by atoms with van der Waals surface area (Å²) in [6.45, 7) is 6.66. The number of aromatic nitrogens is 3. The Morgan fingerprint density at radius 3 is 2.38 bits per heavy atom. The van der Waals surface area contributed by atoms with E-state index in [1.165, 1.54) is 4.57 Å². The number of pyridine rings is 1. The van der Waals surface area contributed by atoms with E-state index in [2.05, 4.69) is 10.3 Å². The highest BCUT2D eigenvalue weighted by Crippen LogP contribution is 2.14. The van der Waals surface area contributed by atoms with E-state index in [0.29, 0.717) is 42.5 Å². The second kappa shape index (κ2) is 10.2. The summed E-state index contributed by atoms with van der Waals surface area (Å²) in [5.41, 5.74) is 1.18. The van der Waals surface area contributed by atoms with E-state index in [-0.39, 0.29) is 35.3 Å². The number of aryl methyl sites for hydroxylation is 1. The molecule has 0 saturated carbocycles. The molecule has 8 heteroatoms. The molecule has 168 valence electrons. The molecule has 0 aliphatic carbocycles. The van der Waals surface area contributed by atoms with E-state index in [4.69, 9.17) is 0 Å². The van der Waals surface area contributed by atoms with Crippen LogP contribution in [-0.2, 0) is 24.3 Å². The highest BCUT2D eigenvalue weighted by molar-refractivity contribution is 5.94. The van der Waals surface area contributed by atoms with E-state index in [0.717, 1.165) is 5.56 Å². The first-order chi connectivity index (χ1) is 15.3. The highest BCUT2D eigenvalue weighted by atomic mass is 16.2. The van der Waals surface area contributed by atoms with Crippen LogP contribution in [0.4, 0.5) is 0 Å². The van der Waals surface area contributed by atoms with Gasteiger partial charge in [0.15, 0.2) is 0 Å². The normalized spacial score (nSPS) is 12.0. The quantitative estimate of drug-likeness (QED) is 0.554. The molecule has 1 atom stereocenters. The third kappa shape index (κ3) is 5.01. The van der Waals surface area contributed by atoms with Crippen LogP contribution >= 0.6 is 0 Å². The Labute approximate surface area is 185 Å². The van der Waals surface area contributed by atoms with Crippen LogP contribution in [0.15, 0.2) is 52.3 Å². The molecule has 3 aromatic rings. The van der Waals surface area contributed by atoms with Gasteiger partial charge in [-0.2, -0.15) is 0 Å². The molecule has 2 aromatic heterocycles. The van der Waals surface area contributed by atoms with Crippen LogP contribution in [0.25, 0.3) is 10.9 Å². The molecular formula is C24H28N4O4. The Kier molecular flexibility index (Phi) is 7.35. The Morgan fingerprint density at radius 2 is 1.72 bits per heavy atom. The van der Waals surface area contributed by atoms with Gasteiger partial charge in [-0.25, -0.2) is 4.79 Å². The summed E-state index contributed by atoms with van der Waals surface area (Å²) in [5.74, 6) is -0.207. The zero-order valence-electron chi connectivity index (χ0n) is 18.6. The molecule has 0 saturated heterocycles. The van der Waals surface area contributed by atoms with Gasteiger partial charge in [-0.1, -0.05) is 13.0 Å². The lowest BCUT2D eigenvalue weighted by Gasteiger charge is -2.14. The van der Waals surface area contributed by atoms with Crippen LogP contribution in [0, 0.1) is 5.92 Å². The third-order valence-corrected chi connectivity index (χ3v) is 5.45. The number of benzene rings is 1. The standard InChI is InChI=1S/C24H28N4O4/c1-4-27-21-7-6-17(14-20(21)23(31)28(5-2)24(27)32)13-19(29)12-16(3)15-26-22(30)18-8-10-25-11-9-18/h6-11,14,16H,4-5,12-13,15H2,1-3H3,(H,26,30). The molecule has 3 rings (SSSR count). The Balaban J connectivity index is 1.68. The Morgan fingerprint density at radius 1 is 1.03 bits per heavy atom. The molecule has 1 unspecified atom stereocenters. The van der Waals surface area contributed by atoms with Crippen molar-refractivity contribution in [2.45, 2.75) is 46.7 Å². The molecule has 0 bridgehead atoms. The number of carbonyl (C=O) groups is 2. The van der Waals surface area contributed by atoms with E-state index in [1.54, 1.807) is 54.2 Å². The largest absolute Gasteiger partial charge is 0.352 e. The van der Waals surface area contributed by atoms with Gasteiger partial charge in [-0.3, -0.25) is 28.5 Å². The first-order valence-corrected chi connectivity index (χ1v) is 10.8. The molecular weight excluding hydrogens is 408 g/mol. The number of fused-ring (bicyclic) bond motifs is 1. The van der Waals surface area contributed by atoms with Crippen molar-refractivity contribution >= 4 is 22.6 Å². The number of ketones is 1. The maximum Gasteiger partial charge on any atom is 0.331 e. The average Bonchev–Trinajstić information content (AvgIpc) is 2.79. The van der Waals surface area contributed by atoms with Gasteiger partial charge in [0.25, 0.3) is 11.5 Å². The molecule has 0 aliphatic rings. The lowest BCUT2D eigenvalue weighted by molar-refractivity contribution is -0.119. The number of rotatable bonds is 9. The SMILES string of the molecule is CCn1c(=O)c2cc(CC(=O)CC(C)CNC(=O)c3ccncc3)ccc2n(CC)c1=O. The second-order valence-electron chi connectivity index (χ2n) is 7.90. The minimum atomic E-state index is -0.335. The Hall–Kier alpha value is -3.55. The summed E-state index contributed by atoms with van der Waals surface area (Å²) < 4.78 is 2.78. The fourth-order valence-corrected chi connectivity index (χ4v) is 3.80. The monoisotopic (exact) mass is 436 g/mol. The van der Waals surface area contributed by atoms with E-state index < -0.39 is 0 Å². The predicted octanol–water partition coefficient (Wildman–Crippen LogP) is 2.17. The molecule has 32 heavy (non-hydrogen) atoms. The molecule has 1 amide bonds. The number of Topliss-reactive ketones (excluding diaryl/α,β-unsaturated/α-hetero) is 1. The van der Waals surface area contributed by atoms with Crippen LogP contribution in [-0.4, -0.2) is 32.4 Å². The summed E-state index contributed by atoms with van der Waals surface area (Å²) in [6.07, 6.45) is 3.61. The smallest absolute Gasteiger partial charge is 0.331 e. The maximum atomic E-state index is 12.8. The fraction of sp³-hybridized carbons (Fsp3) is 0.375. The van der Waals surface area contributed by atoms with E-state index in [1.807, 2.05) is 13.8 Å². The highest BCUT2D eigenvalue weighted by Gasteiger charge is 2.15. The fourth-order valence-electron chi connectivity index (χ4n) is 3.80. The zero-order valence-corrected chi connectivity index (χ0v) is 18.6. The lowest BCUT2D eigenvalue weighted by Crippen LogP contribution is -2.39. The van der Waals surface area contributed by atoms with Crippen LogP contribution in [0.3, 0.4) is 0 Å². The van der Waals surface area contributed by atoms with Crippen LogP contribution in [0.1, 0.15) is 43.1 Å². The zero-order chi connectivity index (χ0) is 23.3. The number of nitrogens with one attached hydrogen (secondary N) is 1. The van der Waals surface area contributed by atoms with E-state index in [9.17, 15) is 19.2 Å². The topological polar surface area (TPSA) is 103 Å². The first kappa shape index (κ1) is 23.1. The summed E-state index contributed by atoms with van der Waals surface area (Å²) in [7, 11) is 0. The van der Waals surface area contributed by atoms with Crippen molar-refractivity contribution in [2.24, 2.45) is 5.92 Å². The molecule has 0 fully saturated rings. The lowest BCUT2D eigenvalue weighted by atomic mass is 9.99. The molecule has 1 N–H and O–H groups in total. The van der Waals surface area contributed by atoms with Gasteiger partial charge in [-0.15, -0.1) is 0 Å². The first-order valence-electron chi connectivity index (χ1n) is 10.8. The molecule has 0 radical (unpaired) electrons. The minimum Gasteiger partial charge on any atom is -0.352 e. The van der Waals surface area contributed by atoms with Gasteiger partial charge < -0.3 is 5.32 Å². The molecule has 1 aromatic carbocycles. The van der Waals surface area contributed by atoms with Crippen molar-refractivity contribution in [1.82, 2.24) is 19.4 Å². The van der Waals surface area contributed by atoms with Crippen LogP contribution in [0.2, 0.25) is 0 Å². The van der Waals surface area contributed by atoms with Crippen LogP contribution in [0.5, 0.6) is 0 Å². The molecule has 0 spiro atoms. The van der Waals surface area contributed by atoms with Crippen molar-refractivity contribution in [2.75, 3.05) is 6.54 Å². The minimum absolute atomic E-state index is 0.0228. The maximum absolute atomic E-state index is 12.8. The second-order valence-corrected chi connectivity index (χ2v) is 7.90. The number of hydrogen-bond acceptors (Lipinski definition) is 5.